The molecule has 12 heteroatoms. The number of carbonyl (C=O) groups is 1. The van der Waals surface area contributed by atoms with Gasteiger partial charge in [-0.15, -0.1) is 0 Å². The Labute approximate surface area is 204 Å². The van der Waals surface area contributed by atoms with Crippen molar-refractivity contribution in [1.82, 2.24) is 10.6 Å². The number of nitrogens with one attached hydrogen (secondary N) is 3. The number of amides is 1. The van der Waals surface area contributed by atoms with Gasteiger partial charge in [0, 0.05) is 10.6 Å². The molecule has 2 aromatic carbocycles. The topological polar surface area (TPSA) is 71.6 Å². The molecule has 0 aliphatic heterocycles. The normalized spacial score (nSPS) is 12.0. The van der Waals surface area contributed by atoms with E-state index in [9.17, 15) is 4.79 Å². The molecule has 0 radical (unpaired) electrons. The number of hydrogen-bond donors (Lipinski definition) is 3. The summed E-state index contributed by atoms with van der Waals surface area (Å²) in [5, 5.41) is 9.04. The number of rotatable bonds is 6. The minimum atomic E-state index is -1.93. The van der Waals surface area contributed by atoms with Gasteiger partial charge in [0.2, 0.25) is 3.79 Å². The first-order valence-electron chi connectivity index (χ1n) is 8.17. The number of carbonyl (C=O) groups excluding carboxylic acids is 1. The molecule has 2 rings (SSSR count). The van der Waals surface area contributed by atoms with Crippen molar-refractivity contribution < 1.29 is 14.3 Å². The maximum Gasteiger partial charge on any atom is 0.253 e. The average Bonchev–Trinajstić information content (AvgIpc) is 2.68. The third-order valence-corrected chi connectivity index (χ3v) is 5.13. The van der Waals surface area contributed by atoms with Crippen molar-refractivity contribution in [3.05, 3.63) is 52.0 Å². The molecule has 0 spiro atoms. The monoisotopic (exact) mass is 529 g/mol. The van der Waals surface area contributed by atoms with Gasteiger partial charge >= 0.3 is 0 Å². The fourth-order valence-electron chi connectivity index (χ4n) is 2.27. The van der Waals surface area contributed by atoms with Gasteiger partial charge < -0.3 is 25.4 Å². The first kappa shape index (κ1) is 24.9. The van der Waals surface area contributed by atoms with E-state index >= 15 is 0 Å². The van der Waals surface area contributed by atoms with Crippen molar-refractivity contribution in [3.8, 4) is 11.5 Å². The van der Waals surface area contributed by atoms with Crippen molar-refractivity contribution in [2.24, 2.45) is 0 Å². The van der Waals surface area contributed by atoms with Gasteiger partial charge in [0.1, 0.15) is 6.17 Å². The van der Waals surface area contributed by atoms with Gasteiger partial charge in [0.25, 0.3) is 5.91 Å². The van der Waals surface area contributed by atoms with Crippen LogP contribution in [0.3, 0.4) is 0 Å². The molecule has 0 aliphatic carbocycles. The third kappa shape index (κ3) is 6.83. The van der Waals surface area contributed by atoms with Crippen LogP contribution in [0, 0.1) is 0 Å². The number of anilines is 1. The van der Waals surface area contributed by atoms with Gasteiger partial charge in [-0.3, -0.25) is 4.79 Å². The van der Waals surface area contributed by atoms with Crippen molar-refractivity contribution in [2.75, 3.05) is 19.5 Å². The summed E-state index contributed by atoms with van der Waals surface area (Å²) in [6.45, 7) is 0. The number of halogens is 5. The second-order valence-electron chi connectivity index (χ2n) is 5.74. The van der Waals surface area contributed by atoms with Crippen LogP contribution in [0.2, 0.25) is 10.0 Å². The smallest absolute Gasteiger partial charge is 0.253 e. The second-order valence-corrected chi connectivity index (χ2v) is 9.36. The fourth-order valence-corrected chi connectivity index (χ4v) is 3.28. The standard InChI is InChI=1S/C18H16Cl5N3O3S/c1-28-13-6-3-9(7-14(13)29-2)15(27)25-16(18(21,22)23)26-17(30)24-12-5-4-10(19)8-11(12)20/h3-8,16H,1-2H3,(H,25,27)(H2,24,26,30)/t16-/m1/s1. The lowest BCUT2D eigenvalue weighted by Crippen LogP contribution is -2.56. The highest BCUT2D eigenvalue weighted by Gasteiger charge is 2.35. The molecule has 0 unspecified atom stereocenters. The Kier molecular flexibility index (Phi) is 8.97. The van der Waals surface area contributed by atoms with Gasteiger partial charge in [0.05, 0.1) is 24.9 Å². The molecule has 1 amide bonds. The van der Waals surface area contributed by atoms with Crippen LogP contribution in [-0.4, -0.2) is 35.2 Å². The number of alkyl halides is 3. The Morgan fingerprint density at radius 1 is 1.00 bits per heavy atom. The summed E-state index contributed by atoms with van der Waals surface area (Å²) in [6, 6.07) is 9.41. The van der Waals surface area contributed by atoms with Crippen LogP contribution in [0.1, 0.15) is 10.4 Å². The van der Waals surface area contributed by atoms with Crippen molar-refractivity contribution >= 4 is 86.9 Å². The van der Waals surface area contributed by atoms with Crippen LogP contribution in [0.25, 0.3) is 0 Å². The van der Waals surface area contributed by atoms with Crippen LogP contribution in [0.15, 0.2) is 36.4 Å². The zero-order valence-electron chi connectivity index (χ0n) is 15.6. The third-order valence-electron chi connectivity index (χ3n) is 3.70. The maximum absolute atomic E-state index is 12.7. The summed E-state index contributed by atoms with van der Waals surface area (Å²) in [6.07, 6.45) is -1.17. The van der Waals surface area contributed by atoms with E-state index in [1.807, 2.05) is 0 Å². The molecule has 0 aliphatic rings. The van der Waals surface area contributed by atoms with Crippen molar-refractivity contribution in [1.29, 1.82) is 0 Å². The van der Waals surface area contributed by atoms with Gasteiger partial charge in [-0.1, -0.05) is 58.0 Å². The molecule has 0 fully saturated rings. The summed E-state index contributed by atoms with van der Waals surface area (Å²) >= 11 is 35.3. The molecule has 0 saturated heterocycles. The molecule has 0 heterocycles. The van der Waals surface area contributed by atoms with E-state index in [2.05, 4.69) is 16.0 Å². The maximum atomic E-state index is 12.7. The van der Waals surface area contributed by atoms with E-state index in [0.717, 1.165) is 0 Å². The predicted octanol–water partition coefficient (Wildman–Crippen LogP) is 5.42. The molecular weight excluding hydrogens is 516 g/mol. The summed E-state index contributed by atoms with van der Waals surface area (Å²) in [4.78, 5) is 12.7. The highest BCUT2D eigenvalue weighted by Crippen LogP contribution is 2.31. The summed E-state index contributed by atoms with van der Waals surface area (Å²) in [5.41, 5.74) is 0.737. The predicted molar refractivity (Wildman–Crippen MR) is 127 cm³/mol. The SMILES string of the molecule is COc1ccc(C(=O)N[C@H](NC(=S)Nc2ccc(Cl)cc2Cl)C(Cl)(Cl)Cl)cc1OC. The zero-order chi connectivity index (χ0) is 22.5. The lowest BCUT2D eigenvalue weighted by molar-refractivity contribution is 0.0934. The Morgan fingerprint density at radius 2 is 1.67 bits per heavy atom. The Morgan fingerprint density at radius 3 is 2.23 bits per heavy atom. The van der Waals surface area contributed by atoms with Crippen LogP contribution < -0.4 is 25.4 Å². The Balaban J connectivity index is 2.14. The second kappa shape index (κ2) is 10.8. The van der Waals surface area contributed by atoms with Crippen molar-refractivity contribution in [2.45, 2.75) is 9.96 Å². The molecule has 6 nitrogen and oxygen atoms in total. The molecule has 2 aromatic rings. The minimum absolute atomic E-state index is 0.0585. The van der Waals surface area contributed by atoms with Gasteiger partial charge in [0.15, 0.2) is 16.6 Å². The zero-order valence-corrected chi connectivity index (χ0v) is 20.2. The van der Waals surface area contributed by atoms with E-state index in [-0.39, 0.29) is 10.7 Å². The lowest BCUT2D eigenvalue weighted by Gasteiger charge is -2.28. The van der Waals surface area contributed by atoms with E-state index in [4.69, 9.17) is 79.7 Å². The van der Waals surface area contributed by atoms with E-state index in [1.54, 1.807) is 24.3 Å². The minimum Gasteiger partial charge on any atom is -0.493 e. The average molecular weight is 532 g/mol. The summed E-state index contributed by atoms with van der Waals surface area (Å²) in [7, 11) is 2.94. The van der Waals surface area contributed by atoms with Gasteiger partial charge in [-0.25, -0.2) is 0 Å². The molecule has 0 aromatic heterocycles. The summed E-state index contributed by atoms with van der Waals surface area (Å²) in [5.74, 6) is 0.306. The molecule has 1 atom stereocenters. The molecule has 162 valence electrons. The Bertz CT molecular complexity index is 940. The van der Waals surface area contributed by atoms with Gasteiger partial charge in [-0.05, 0) is 48.6 Å². The van der Waals surface area contributed by atoms with Crippen LogP contribution in [0.5, 0.6) is 11.5 Å². The van der Waals surface area contributed by atoms with Crippen LogP contribution >= 0.6 is 70.2 Å². The van der Waals surface area contributed by atoms with Crippen molar-refractivity contribution in [3.63, 3.8) is 0 Å². The van der Waals surface area contributed by atoms with E-state index in [1.165, 1.54) is 26.4 Å². The fraction of sp³-hybridized carbons (Fsp3) is 0.222. The number of ether oxygens (including phenoxy) is 2. The first-order valence-corrected chi connectivity index (χ1v) is 10.5. The molecule has 0 bridgehead atoms. The van der Waals surface area contributed by atoms with Crippen LogP contribution in [0.4, 0.5) is 5.69 Å². The van der Waals surface area contributed by atoms with Crippen LogP contribution in [-0.2, 0) is 0 Å². The molecule has 30 heavy (non-hydrogen) atoms. The Hall–Kier alpha value is -1.35. The number of benzene rings is 2. The summed E-state index contributed by atoms with van der Waals surface area (Å²) < 4.78 is 8.43. The van der Waals surface area contributed by atoms with E-state index in [0.29, 0.717) is 27.2 Å². The number of methoxy groups -OCH3 is 2. The highest BCUT2D eigenvalue weighted by molar-refractivity contribution is 7.80. The lowest BCUT2D eigenvalue weighted by atomic mass is 10.2. The molecule has 0 saturated carbocycles. The molecular formula is C18H16Cl5N3O3S. The molecule has 3 N–H and O–H groups in total. The number of thiocarbonyl (C=S) groups is 1. The largest absolute Gasteiger partial charge is 0.493 e. The number of hydrogen-bond acceptors (Lipinski definition) is 4. The van der Waals surface area contributed by atoms with E-state index < -0.39 is 15.9 Å². The van der Waals surface area contributed by atoms with Gasteiger partial charge in [-0.2, -0.15) is 0 Å². The highest BCUT2D eigenvalue weighted by atomic mass is 35.6. The quantitative estimate of drug-likeness (QED) is 0.263. The first-order chi connectivity index (χ1) is 14.0.